The third-order valence-corrected chi connectivity index (χ3v) is 4.76. The van der Waals surface area contributed by atoms with Gasteiger partial charge >= 0.3 is 0 Å². The molecule has 0 radical (unpaired) electrons. The first-order valence-corrected chi connectivity index (χ1v) is 9.71. The third-order valence-electron chi connectivity index (χ3n) is 4.02. The van der Waals surface area contributed by atoms with Crippen molar-refractivity contribution in [1.82, 2.24) is 10.2 Å². The van der Waals surface area contributed by atoms with Crippen molar-refractivity contribution in [3.05, 3.63) is 33.8 Å². The van der Waals surface area contributed by atoms with Crippen LogP contribution in [0.4, 0.5) is 0 Å². The van der Waals surface area contributed by atoms with Gasteiger partial charge in [0.2, 0.25) is 11.8 Å². The van der Waals surface area contributed by atoms with Crippen molar-refractivity contribution >= 4 is 35.0 Å². The molecule has 0 aliphatic carbocycles. The number of carbonyl (C=O) groups is 2. The molecular formula is C19H28Cl2N2O2. The van der Waals surface area contributed by atoms with Crippen LogP contribution in [0.3, 0.4) is 0 Å². The molecule has 4 nitrogen and oxygen atoms in total. The fourth-order valence-electron chi connectivity index (χ4n) is 2.62. The Bertz CT molecular complexity index is 579. The number of nitrogens with one attached hydrogen (secondary N) is 1. The van der Waals surface area contributed by atoms with Crippen LogP contribution in [0.5, 0.6) is 0 Å². The van der Waals surface area contributed by atoms with Crippen LogP contribution in [0.1, 0.15) is 58.4 Å². The molecule has 6 heteroatoms. The van der Waals surface area contributed by atoms with E-state index in [1.807, 2.05) is 19.9 Å². The second-order valence-corrected chi connectivity index (χ2v) is 6.90. The monoisotopic (exact) mass is 386 g/mol. The Hall–Kier alpha value is -1.26. The summed E-state index contributed by atoms with van der Waals surface area (Å²) in [5.41, 5.74) is 0.860. The number of nitrogens with zero attached hydrogens (tertiary/aromatic N) is 1. The predicted octanol–water partition coefficient (Wildman–Crippen LogP) is 4.82. The maximum absolute atomic E-state index is 12.6. The van der Waals surface area contributed by atoms with Crippen molar-refractivity contribution in [2.24, 2.45) is 0 Å². The minimum atomic E-state index is -0.481. The fraction of sp³-hybridized carbons (Fsp3) is 0.579. The number of hydrogen-bond donors (Lipinski definition) is 1. The molecule has 0 heterocycles. The fourth-order valence-corrected chi connectivity index (χ4v) is 2.94. The van der Waals surface area contributed by atoms with Crippen LogP contribution in [0.15, 0.2) is 18.2 Å². The van der Waals surface area contributed by atoms with E-state index in [0.29, 0.717) is 36.0 Å². The molecule has 0 aromatic heterocycles. The second kappa shape index (κ2) is 11.4. The minimum absolute atomic E-state index is 0.0222. The Labute approximate surface area is 160 Å². The maximum atomic E-state index is 12.6. The molecule has 1 N–H and O–H groups in total. The molecule has 25 heavy (non-hydrogen) atoms. The lowest BCUT2D eigenvalue weighted by atomic mass is 10.1. The lowest BCUT2D eigenvalue weighted by Crippen LogP contribution is -2.49. The van der Waals surface area contributed by atoms with Gasteiger partial charge < -0.3 is 10.2 Å². The molecule has 0 bridgehead atoms. The van der Waals surface area contributed by atoms with Crippen molar-refractivity contribution in [3.63, 3.8) is 0 Å². The van der Waals surface area contributed by atoms with E-state index < -0.39 is 6.04 Å². The summed E-state index contributed by atoms with van der Waals surface area (Å²) >= 11 is 12.0. The van der Waals surface area contributed by atoms with E-state index in [9.17, 15) is 9.59 Å². The van der Waals surface area contributed by atoms with Gasteiger partial charge in [-0.1, -0.05) is 56.5 Å². The zero-order chi connectivity index (χ0) is 18.8. The molecule has 0 aliphatic rings. The van der Waals surface area contributed by atoms with Crippen LogP contribution < -0.4 is 5.32 Å². The van der Waals surface area contributed by atoms with Crippen LogP contribution >= 0.6 is 23.2 Å². The number of halogens is 2. The predicted molar refractivity (Wildman–Crippen MR) is 104 cm³/mol. The topological polar surface area (TPSA) is 49.4 Å². The van der Waals surface area contributed by atoms with E-state index in [1.165, 1.54) is 0 Å². The number of amides is 2. The lowest BCUT2D eigenvalue weighted by molar-refractivity contribution is -0.141. The highest BCUT2D eigenvalue weighted by Gasteiger charge is 2.27. The highest BCUT2D eigenvalue weighted by atomic mass is 35.5. The molecule has 1 rings (SSSR count). The van der Waals surface area contributed by atoms with Crippen molar-refractivity contribution in [3.8, 4) is 0 Å². The number of rotatable bonds is 10. The Morgan fingerprint density at radius 1 is 1.12 bits per heavy atom. The van der Waals surface area contributed by atoms with E-state index >= 15 is 0 Å². The Morgan fingerprint density at radius 2 is 1.84 bits per heavy atom. The van der Waals surface area contributed by atoms with Gasteiger partial charge in [0.05, 0.1) is 10.0 Å². The van der Waals surface area contributed by atoms with Crippen LogP contribution in [0.25, 0.3) is 0 Å². The Morgan fingerprint density at radius 3 is 2.40 bits per heavy atom. The minimum Gasteiger partial charge on any atom is -0.354 e. The molecule has 1 aromatic carbocycles. The van der Waals surface area contributed by atoms with Crippen molar-refractivity contribution in [2.75, 3.05) is 6.54 Å². The van der Waals surface area contributed by atoms with Gasteiger partial charge in [-0.05, 0) is 37.0 Å². The van der Waals surface area contributed by atoms with Gasteiger partial charge in [0.15, 0.2) is 0 Å². The van der Waals surface area contributed by atoms with Gasteiger partial charge in [-0.2, -0.15) is 0 Å². The van der Waals surface area contributed by atoms with Gasteiger partial charge in [-0.3, -0.25) is 9.59 Å². The zero-order valence-electron chi connectivity index (χ0n) is 15.3. The molecule has 2 amide bonds. The van der Waals surface area contributed by atoms with Gasteiger partial charge in [-0.15, -0.1) is 0 Å². The highest BCUT2D eigenvalue weighted by molar-refractivity contribution is 6.42. The molecule has 0 unspecified atom stereocenters. The van der Waals surface area contributed by atoms with Gasteiger partial charge in [0.1, 0.15) is 6.04 Å². The SMILES string of the molecule is CCCCNC(=O)[C@@H](CC)N(Cc1ccc(Cl)c(Cl)c1)C(=O)CCC. The van der Waals surface area contributed by atoms with Crippen LogP contribution in [0, 0.1) is 0 Å². The number of benzene rings is 1. The average Bonchev–Trinajstić information content (AvgIpc) is 2.58. The summed E-state index contributed by atoms with van der Waals surface area (Å²) < 4.78 is 0. The zero-order valence-corrected chi connectivity index (χ0v) is 16.8. The molecule has 0 aliphatic heterocycles. The molecule has 0 spiro atoms. The van der Waals surface area contributed by atoms with Crippen molar-refractivity contribution in [1.29, 1.82) is 0 Å². The number of carbonyl (C=O) groups excluding carboxylic acids is 2. The van der Waals surface area contributed by atoms with Crippen molar-refractivity contribution < 1.29 is 9.59 Å². The maximum Gasteiger partial charge on any atom is 0.242 e. The van der Waals surface area contributed by atoms with Gasteiger partial charge in [0, 0.05) is 19.5 Å². The molecule has 1 atom stereocenters. The second-order valence-electron chi connectivity index (χ2n) is 6.09. The van der Waals surface area contributed by atoms with Gasteiger partial charge in [-0.25, -0.2) is 0 Å². The normalized spacial score (nSPS) is 11.9. The Kier molecular flexibility index (Phi) is 9.91. The number of hydrogen-bond acceptors (Lipinski definition) is 2. The summed E-state index contributed by atoms with van der Waals surface area (Å²) in [6.07, 6.45) is 3.66. The summed E-state index contributed by atoms with van der Waals surface area (Å²) in [6, 6.07) is 4.81. The van der Waals surface area contributed by atoms with Crippen LogP contribution in [-0.4, -0.2) is 29.3 Å². The first kappa shape index (κ1) is 21.8. The van der Waals surface area contributed by atoms with Crippen molar-refractivity contribution in [2.45, 2.75) is 65.5 Å². The largest absolute Gasteiger partial charge is 0.354 e. The molecule has 1 aromatic rings. The Balaban J connectivity index is 2.98. The smallest absolute Gasteiger partial charge is 0.242 e. The summed E-state index contributed by atoms with van der Waals surface area (Å²) in [5, 5.41) is 3.86. The molecule has 140 valence electrons. The lowest BCUT2D eigenvalue weighted by Gasteiger charge is -2.30. The third kappa shape index (κ3) is 6.87. The quantitative estimate of drug-likeness (QED) is 0.586. The molecule has 0 saturated heterocycles. The highest BCUT2D eigenvalue weighted by Crippen LogP contribution is 2.24. The summed E-state index contributed by atoms with van der Waals surface area (Å²) in [4.78, 5) is 26.8. The average molecular weight is 387 g/mol. The van der Waals surface area contributed by atoms with E-state index in [0.717, 1.165) is 24.8 Å². The van der Waals surface area contributed by atoms with E-state index in [2.05, 4.69) is 12.2 Å². The summed E-state index contributed by atoms with van der Waals surface area (Å²) in [5.74, 6) is -0.119. The number of unbranched alkanes of at least 4 members (excludes halogenated alkanes) is 1. The first-order valence-electron chi connectivity index (χ1n) is 8.95. The van der Waals surface area contributed by atoms with Crippen LogP contribution in [0.2, 0.25) is 10.0 Å². The van der Waals surface area contributed by atoms with Gasteiger partial charge in [0.25, 0.3) is 0 Å². The summed E-state index contributed by atoms with van der Waals surface area (Å²) in [6.45, 7) is 6.93. The van der Waals surface area contributed by atoms with Crippen LogP contribution in [-0.2, 0) is 16.1 Å². The molecule has 0 saturated carbocycles. The molecule has 0 fully saturated rings. The van der Waals surface area contributed by atoms with E-state index in [1.54, 1.807) is 17.0 Å². The summed E-state index contributed by atoms with van der Waals surface area (Å²) in [7, 11) is 0. The van der Waals surface area contributed by atoms with E-state index in [4.69, 9.17) is 23.2 Å². The first-order chi connectivity index (χ1) is 11.9. The van der Waals surface area contributed by atoms with E-state index in [-0.39, 0.29) is 11.8 Å². The standard InChI is InChI=1S/C19H28Cl2N2O2/c1-4-7-11-22-19(25)17(6-3)23(18(24)8-5-2)13-14-9-10-15(20)16(21)12-14/h9-10,12,17H,4-8,11,13H2,1-3H3,(H,22,25)/t17-/m1/s1. The molecular weight excluding hydrogens is 359 g/mol.